The lowest BCUT2D eigenvalue weighted by Gasteiger charge is -2.24. The molecule has 0 aliphatic carbocycles. The molecule has 5 heteroatoms. The Hall–Kier alpha value is -1.01. The number of rotatable bonds is 9. The number of hydrogen-bond donors (Lipinski definition) is 3. The Morgan fingerprint density at radius 2 is 1.79 bits per heavy atom. The summed E-state index contributed by atoms with van der Waals surface area (Å²) < 4.78 is 13.7. The molecule has 4 nitrogen and oxygen atoms in total. The van der Waals surface area contributed by atoms with Gasteiger partial charge >= 0.3 is 0 Å². The van der Waals surface area contributed by atoms with Crippen molar-refractivity contribution in [2.24, 2.45) is 0 Å². The van der Waals surface area contributed by atoms with Gasteiger partial charge in [-0.15, -0.1) is 0 Å². The van der Waals surface area contributed by atoms with Crippen molar-refractivity contribution in [3.63, 3.8) is 0 Å². The molecule has 108 valence electrons. The lowest BCUT2D eigenvalue weighted by atomic mass is 10.0. The molecule has 0 heterocycles. The summed E-state index contributed by atoms with van der Waals surface area (Å²) in [5.74, 6) is -0.210. The summed E-state index contributed by atoms with van der Waals surface area (Å²) in [5, 5.41) is 21.0. The molecule has 0 aliphatic rings. The zero-order valence-electron chi connectivity index (χ0n) is 11.3. The van der Waals surface area contributed by atoms with Crippen LogP contribution in [0.3, 0.4) is 0 Å². The molecule has 0 aliphatic heterocycles. The summed E-state index contributed by atoms with van der Waals surface area (Å²) in [6.07, 6.45) is 0.720. The third-order valence-corrected chi connectivity index (χ3v) is 3.20. The van der Waals surface area contributed by atoms with Crippen molar-refractivity contribution in [3.8, 4) is 0 Å². The van der Waals surface area contributed by atoms with E-state index in [2.05, 4.69) is 5.32 Å². The van der Waals surface area contributed by atoms with E-state index in [1.54, 1.807) is 19.2 Å². The summed E-state index contributed by atoms with van der Waals surface area (Å²) in [6, 6.07) is 6.66. The zero-order chi connectivity index (χ0) is 14.1. The molecule has 0 bridgehead atoms. The molecule has 1 unspecified atom stereocenters. The van der Waals surface area contributed by atoms with Gasteiger partial charge in [0.2, 0.25) is 0 Å². The highest BCUT2D eigenvalue weighted by atomic mass is 19.1. The van der Waals surface area contributed by atoms with Gasteiger partial charge in [0.05, 0.1) is 13.2 Å². The standard InChI is InChI=1S/C14H23FN2O2/c1-16-14(12-4-2-3-5-13(12)15)6-7-17(8-10-18)9-11-19/h2-5,14,16,18-19H,6-11H2,1H3. The number of nitrogens with one attached hydrogen (secondary N) is 1. The van der Waals surface area contributed by atoms with Gasteiger partial charge in [0.15, 0.2) is 0 Å². The highest BCUT2D eigenvalue weighted by molar-refractivity contribution is 5.21. The van der Waals surface area contributed by atoms with Crippen LogP contribution < -0.4 is 5.32 Å². The van der Waals surface area contributed by atoms with Gasteiger partial charge in [0, 0.05) is 31.2 Å². The molecule has 0 amide bonds. The van der Waals surface area contributed by atoms with E-state index in [4.69, 9.17) is 10.2 Å². The van der Waals surface area contributed by atoms with Crippen molar-refractivity contribution in [3.05, 3.63) is 35.6 Å². The van der Waals surface area contributed by atoms with Crippen LogP contribution in [0, 0.1) is 5.82 Å². The van der Waals surface area contributed by atoms with Crippen LogP contribution in [0.1, 0.15) is 18.0 Å². The minimum atomic E-state index is -0.210. The third-order valence-electron chi connectivity index (χ3n) is 3.20. The number of aliphatic hydroxyl groups is 2. The zero-order valence-corrected chi connectivity index (χ0v) is 11.3. The summed E-state index contributed by atoms with van der Waals surface area (Å²) in [7, 11) is 1.81. The summed E-state index contributed by atoms with van der Waals surface area (Å²) in [4.78, 5) is 1.96. The minimum absolute atomic E-state index is 0.0594. The average molecular weight is 270 g/mol. The average Bonchev–Trinajstić information content (AvgIpc) is 2.41. The minimum Gasteiger partial charge on any atom is -0.395 e. The molecule has 1 aromatic carbocycles. The Kier molecular flexibility index (Phi) is 7.59. The van der Waals surface area contributed by atoms with Gasteiger partial charge in [-0.05, 0) is 19.5 Å². The fraction of sp³-hybridized carbons (Fsp3) is 0.571. The van der Waals surface area contributed by atoms with E-state index in [0.717, 1.165) is 6.42 Å². The number of benzene rings is 1. The predicted molar refractivity (Wildman–Crippen MR) is 73.4 cm³/mol. The van der Waals surface area contributed by atoms with Crippen molar-refractivity contribution in [2.45, 2.75) is 12.5 Å². The van der Waals surface area contributed by atoms with E-state index in [9.17, 15) is 4.39 Å². The monoisotopic (exact) mass is 270 g/mol. The smallest absolute Gasteiger partial charge is 0.127 e. The third kappa shape index (κ3) is 5.24. The summed E-state index contributed by atoms with van der Waals surface area (Å²) >= 11 is 0. The van der Waals surface area contributed by atoms with Crippen molar-refractivity contribution >= 4 is 0 Å². The molecule has 0 fully saturated rings. The van der Waals surface area contributed by atoms with Crippen LogP contribution in [0.2, 0.25) is 0 Å². The second-order valence-electron chi connectivity index (χ2n) is 4.44. The number of hydrogen-bond acceptors (Lipinski definition) is 4. The molecule has 0 aromatic heterocycles. The highest BCUT2D eigenvalue weighted by Gasteiger charge is 2.14. The van der Waals surface area contributed by atoms with Crippen LogP contribution in [0.4, 0.5) is 4.39 Å². The Morgan fingerprint density at radius 3 is 2.32 bits per heavy atom. The lowest BCUT2D eigenvalue weighted by Crippen LogP contribution is -2.33. The quantitative estimate of drug-likeness (QED) is 0.620. The van der Waals surface area contributed by atoms with Crippen molar-refractivity contribution in [2.75, 3.05) is 39.9 Å². The number of halogens is 1. The van der Waals surface area contributed by atoms with E-state index >= 15 is 0 Å². The molecular formula is C14H23FN2O2. The van der Waals surface area contributed by atoms with Crippen LogP contribution in [-0.4, -0.2) is 55.0 Å². The summed E-state index contributed by atoms with van der Waals surface area (Å²) in [6.45, 7) is 1.86. The van der Waals surface area contributed by atoms with Crippen molar-refractivity contribution in [1.29, 1.82) is 0 Å². The van der Waals surface area contributed by atoms with E-state index in [1.165, 1.54) is 6.07 Å². The molecule has 0 saturated heterocycles. The Labute approximate surface area is 113 Å². The first-order valence-electron chi connectivity index (χ1n) is 6.58. The van der Waals surface area contributed by atoms with Gasteiger partial charge in [-0.25, -0.2) is 4.39 Å². The van der Waals surface area contributed by atoms with Gasteiger partial charge in [-0.1, -0.05) is 18.2 Å². The number of aliphatic hydroxyl groups excluding tert-OH is 2. The SMILES string of the molecule is CNC(CCN(CCO)CCO)c1ccccc1F. The Morgan fingerprint density at radius 1 is 1.16 bits per heavy atom. The molecule has 3 N–H and O–H groups in total. The highest BCUT2D eigenvalue weighted by Crippen LogP contribution is 2.19. The molecule has 0 radical (unpaired) electrons. The molecule has 1 aromatic rings. The first-order valence-corrected chi connectivity index (χ1v) is 6.58. The van der Waals surface area contributed by atoms with Crippen LogP contribution >= 0.6 is 0 Å². The Balaban J connectivity index is 2.59. The Bertz CT molecular complexity index is 357. The predicted octanol–water partition coefficient (Wildman–Crippen LogP) is 0.763. The maximum atomic E-state index is 13.7. The molecular weight excluding hydrogens is 247 g/mol. The van der Waals surface area contributed by atoms with Gasteiger partial charge < -0.3 is 15.5 Å². The second kappa shape index (κ2) is 8.98. The fourth-order valence-electron chi connectivity index (χ4n) is 2.14. The normalized spacial score (nSPS) is 12.9. The van der Waals surface area contributed by atoms with E-state index < -0.39 is 0 Å². The van der Waals surface area contributed by atoms with E-state index in [1.807, 2.05) is 11.0 Å². The largest absolute Gasteiger partial charge is 0.395 e. The molecule has 1 rings (SSSR count). The van der Waals surface area contributed by atoms with Crippen LogP contribution in [0.15, 0.2) is 24.3 Å². The second-order valence-corrected chi connectivity index (χ2v) is 4.44. The van der Waals surface area contributed by atoms with Gasteiger partial charge in [-0.3, -0.25) is 4.90 Å². The van der Waals surface area contributed by atoms with E-state index in [0.29, 0.717) is 25.2 Å². The fourth-order valence-corrected chi connectivity index (χ4v) is 2.14. The van der Waals surface area contributed by atoms with Gasteiger partial charge in [0.1, 0.15) is 5.82 Å². The lowest BCUT2D eigenvalue weighted by molar-refractivity contribution is 0.156. The molecule has 19 heavy (non-hydrogen) atoms. The molecule has 0 saturated carbocycles. The maximum absolute atomic E-state index is 13.7. The van der Waals surface area contributed by atoms with Crippen LogP contribution in [0.5, 0.6) is 0 Å². The van der Waals surface area contributed by atoms with E-state index in [-0.39, 0.29) is 25.1 Å². The molecule has 0 spiro atoms. The first kappa shape index (κ1) is 16.0. The van der Waals surface area contributed by atoms with Gasteiger partial charge in [-0.2, -0.15) is 0 Å². The maximum Gasteiger partial charge on any atom is 0.127 e. The number of nitrogens with zero attached hydrogens (tertiary/aromatic N) is 1. The van der Waals surface area contributed by atoms with Crippen molar-refractivity contribution < 1.29 is 14.6 Å². The first-order chi connectivity index (χ1) is 9.22. The van der Waals surface area contributed by atoms with Gasteiger partial charge in [0.25, 0.3) is 0 Å². The molecule has 1 atom stereocenters. The summed E-state index contributed by atoms with van der Waals surface area (Å²) in [5.41, 5.74) is 0.651. The van der Waals surface area contributed by atoms with Crippen LogP contribution in [0.25, 0.3) is 0 Å². The van der Waals surface area contributed by atoms with Crippen LogP contribution in [-0.2, 0) is 0 Å². The van der Waals surface area contributed by atoms with Crippen molar-refractivity contribution in [1.82, 2.24) is 10.2 Å². The topological polar surface area (TPSA) is 55.7 Å².